The van der Waals surface area contributed by atoms with E-state index in [4.69, 9.17) is 4.98 Å². The van der Waals surface area contributed by atoms with Crippen LogP contribution in [0, 0.1) is 0 Å². The van der Waals surface area contributed by atoms with Gasteiger partial charge in [0.05, 0.1) is 16.3 Å². The highest BCUT2D eigenvalue weighted by atomic mass is 32.2. The Bertz CT molecular complexity index is 755. The summed E-state index contributed by atoms with van der Waals surface area (Å²) in [5.74, 6) is 0. The highest BCUT2D eigenvalue weighted by Gasteiger charge is 2.37. The van der Waals surface area contributed by atoms with Crippen molar-refractivity contribution in [1.29, 1.82) is 0 Å². The Kier molecular flexibility index (Phi) is 5.54. The highest BCUT2D eigenvalue weighted by molar-refractivity contribution is 7.86. The Hall–Kier alpha value is -1.02. The molecule has 0 spiro atoms. The van der Waals surface area contributed by atoms with E-state index < -0.39 is 10.2 Å². The maximum Gasteiger partial charge on any atom is 0.282 e. The van der Waals surface area contributed by atoms with Crippen LogP contribution in [0.3, 0.4) is 0 Å². The summed E-state index contributed by atoms with van der Waals surface area (Å²) in [4.78, 5) is 4.72. The molecule has 0 radical (unpaired) electrons. The summed E-state index contributed by atoms with van der Waals surface area (Å²) in [5.41, 5.74) is 0.958. The lowest BCUT2D eigenvalue weighted by Crippen LogP contribution is -2.46. The molecule has 1 aromatic carbocycles. The van der Waals surface area contributed by atoms with Crippen LogP contribution in [0.4, 0.5) is 0 Å². The molecule has 2 aromatic rings. The summed E-state index contributed by atoms with van der Waals surface area (Å²) in [5, 5.41) is 0.920. The molecule has 1 atom stereocenters. The molecule has 0 aliphatic carbocycles. The molecular formula is C17H25N3O2S2. The summed E-state index contributed by atoms with van der Waals surface area (Å²) in [6.45, 7) is 3.23. The average Bonchev–Trinajstić information content (AvgIpc) is 3.03. The zero-order valence-corrected chi connectivity index (χ0v) is 15.9. The fourth-order valence-corrected chi connectivity index (χ4v) is 5.92. The van der Waals surface area contributed by atoms with Crippen molar-refractivity contribution in [2.75, 3.05) is 20.1 Å². The van der Waals surface area contributed by atoms with E-state index in [1.165, 1.54) is 4.31 Å². The molecule has 24 heavy (non-hydrogen) atoms. The van der Waals surface area contributed by atoms with Crippen LogP contribution < -0.4 is 0 Å². The SMILES string of the molecule is CCCCN(C)S(=O)(=O)N1CCCCC1c1nc2ccccc2s1. The zero-order chi connectivity index (χ0) is 17.2. The first kappa shape index (κ1) is 17.8. The van der Waals surface area contributed by atoms with Crippen LogP contribution in [0.15, 0.2) is 24.3 Å². The van der Waals surface area contributed by atoms with E-state index in [1.807, 2.05) is 24.3 Å². The summed E-state index contributed by atoms with van der Waals surface area (Å²) in [7, 11) is -1.75. The van der Waals surface area contributed by atoms with Gasteiger partial charge in [0.15, 0.2) is 0 Å². The predicted molar refractivity (Wildman–Crippen MR) is 99.4 cm³/mol. The molecule has 1 aliphatic heterocycles. The van der Waals surface area contributed by atoms with Crippen LogP contribution >= 0.6 is 11.3 Å². The minimum atomic E-state index is -3.44. The number of para-hydroxylation sites is 1. The number of rotatable bonds is 6. The van der Waals surface area contributed by atoms with Gasteiger partial charge in [-0.3, -0.25) is 0 Å². The van der Waals surface area contributed by atoms with Gasteiger partial charge in [-0.05, 0) is 31.4 Å². The van der Waals surface area contributed by atoms with Gasteiger partial charge in [-0.15, -0.1) is 11.3 Å². The van der Waals surface area contributed by atoms with E-state index in [2.05, 4.69) is 6.92 Å². The topological polar surface area (TPSA) is 53.5 Å². The summed E-state index contributed by atoms with van der Waals surface area (Å²) in [6.07, 6.45) is 4.69. The van der Waals surface area contributed by atoms with E-state index in [9.17, 15) is 8.42 Å². The quantitative estimate of drug-likeness (QED) is 0.780. The molecule has 132 valence electrons. The number of aromatic nitrogens is 1. The number of fused-ring (bicyclic) bond motifs is 1. The van der Waals surface area contributed by atoms with Crippen LogP contribution in [-0.4, -0.2) is 42.1 Å². The van der Waals surface area contributed by atoms with Crippen molar-refractivity contribution in [3.8, 4) is 0 Å². The van der Waals surface area contributed by atoms with Crippen molar-refractivity contribution in [2.24, 2.45) is 0 Å². The van der Waals surface area contributed by atoms with Crippen LogP contribution in [0.2, 0.25) is 0 Å². The molecule has 3 rings (SSSR count). The van der Waals surface area contributed by atoms with Crippen molar-refractivity contribution >= 4 is 31.8 Å². The second kappa shape index (κ2) is 7.47. The fraction of sp³-hybridized carbons (Fsp3) is 0.588. The third kappa shape index (κ3) is 3.49. The maximum atomic E-state index is 13.0. The lowest BCUT2D eigenvalue weighted by atomic mass is 10.1. The monoisotopic (exact) mass is 367 g/mol. The molecule has 7 heteroatoms. The number of unbranched alkanes of at least 4 members (excludes halogenated alkanes) is 1. The zero-order valence-electron chi connectivity index (χ0n) is 14.3. The molecule has 0 bridgehead atoms. The number of benzene rings is 1. The minimum Gasteiger partial charge on any atom is -0.239 e. The van der Waals surface area contributed by atoms with Crippen molar-refractivity contribution in [3.63, 3.8) is 0 Å². The lowest BCUT2D eigenvalue weighted by molar-refractivity contribution is 0.238. The second-order valence-corrected chi connectivity index (χ2v) is 9.38. The van der Waals surface area contributed by atoms with Crippen molar-refractivity contribution in [2.45, 2.75) is 45.1 Å². The standard InChI is InChI=1S/C17H25N3O2S2/c1-3-4-12-19(2)24(21,22)20-13-8-7-10-15(20)17-18-14-9-5-6-11-16(14)23-17/h5-6,9,11,15H,3-4,7-8,10,12-13H2,1-2H3. The smallest absolute Gasteiger partial charge is 0.239 e. The molecule has 1 unspecified atom stereocenters. The summed E-state index contributed by atoms with van der Waals surface area (Å²) < 4.78 is 30.3. The van der Waals surface area contributed by atoms with Gasteiger partial charge in [0.1, 0.15) is 5.01 Å². The van der Waals surface area contributed by atoms with Crippen molar-refractivity contribution in [1.82, 2.24) is 13.6 Å². The number of hydrogen-bond acceptors (Lipinski definition) is 4. The third-order valence-electron chi connectivity index (χ3n) is 4.57. The van der Waals surface area contributed by atoms with Gasteiger partial charge in [-0.1, -0.05) is 31.9 Å². The number of nitrogens with zero attached hydrogens (tertiary/aromatic N) is 3. The first-order chi connectivity index (χ1) is 11.5. The van der Waals surface area contributed by atoms with Crippen LogP contribution in [0.5, 0.6) is 0 Å². The molecule has 1 saturated heterocycles. The fourth-order valence-electron chi connectivity index (χ4n) is 3.14. The normalized spacial score (nSPS) is 20.0. The minimum absolute atomic E-state index is 0.134. The largest absolute Gasteiger partial charge is 0.282 e. The summed E-state index contributed by atoms with van der Waals surface area (Å²) >= 11 is 1.62. The van der Waals surface area contributed by atoms with Gasteiger partial charge in [-0.2, -0.15) is 17.0 Å². The molecule has 2 heterocycles. The van der Waals surface area contributed by atoms with Crippen LogP contribution in [-0.2, 0) is 10.2 Å². The van der Waals surface area contributed by atoms with E-state index in [-0.39, 0.29) is 6.04 Å². The Morgan fingerprint density at radius 1 is 1.33 bits per heavy atom. The van der Waals surface area contributed by atoms with Gasteiger partial charge in [0.25, 0.3) is 10.2 Å². The van der Waals surface area contributed by atoms with Gasteiger partial charge in [0, 0.05) is 20.1 Å². The van der Waals surface area contributed by atoms with Gasteiger partial charge < -0.3 is 0 Å². The van der Waals surface area contributed by atoms with Gasteiger partial charge in [0.2, 0.25) is 0 Å². The third-order valence-corrected chi connectivity index (χ3v) is 7.70. The molecular weight excluding hydrogens is 342 g/mol. The Morgan fingerprint density at radius 3 is 2.88 bits per heavy atom. The molecule has 5 nitrogen and oxygen atoms in total. The van der Waals surface area contributed by atoms with Crippen molar-refractivity contribution < 1.29 is 8.42 Å². The van der Waals surface area contributed by atoms with E-state index in [0.29, 0.717) is 13.1 Å². The van der Waals surface area contributed by atoms with Gasteiger partial charge in [-0.25, -0.2) is 4.98 Å². The summed E-state index contributed by atoms with van der Waals surface area (Å²) in [6, 6.07) is 7.87. The second-order valence-electron chi connectivity index (χ2n) is 6.32. The highest BCUT2D eigenvalue weighted by Crippen LogP contribution is 2.37. The average molecular weight is 368 g/mol. The van der Waals surface area contributed by atoms with Crippen molar-refractivity contribution in [3.05, 3.63) is 29.3 Å². The van der Waals surface area contributed by atoms with E-state index in [0.717, 1.165) is 47.3 Å². The van der Waals surface area contributed by atoms with Crippen LogP contribution in [0.25, 0.3) is 10.2 Å². The lowest BCUT2D eigenvalue weighted by Gasteiger charge is -2.36. The number of thiazole rings is 1. The molecule has 1 aliphatic rings. The molecule has 0 saturated carbocycles. The Labute approximate surface area is 148 Å². The van der Waals surface area contributed by atoms with E-state index in [1.54, 1.807) is 22.7 Å². The van der Waals surface area contributed by atoms with Gasteiger partial charge >= 0.3 is 0 Å². The van der Waals surface area contributed by atoms with E-state index >= 15 is 0 Å². The number of piperidine rings is 1. The Balaban J connectivity index is 1.90. The number of hydrogen-bond donors (Lipinski definition) is 0. The first-order valence-corrected chi connectivity index (χ1v) is 10.8. The van der Waals surface area contributed by atoms with Crippen LogP contribution in [0.1, 0.15) is 50.1 Å². The molecule has 1 fully saturated rings. The molecule has 0 amide bonds. The maximum absolute atomic E-state index is 13.0. The predicted octanol–water partition coefficient (Wildman–Crippen LogP) is 3.80. The first-order valence-electron chi connectivity index (χ1n) is 8.62. The molecule has 0 N–H and O–H groups in total. The Morgan fingerprint density at radius 2 is 2.12 bits per heavy atom. The molecule has 1 aromatic heterocycles.